The third-order valence-corrected chi connectivity index (χ3v) is 3.84. The molecule has 0 spiro atoms. The SMILES string of the molecule is COc1cccc([C@@]2(C)NC(=S)N(c3ccccc3)N2)c1. The summed E-state index contributed by atoms with van der Waals surface area (Å²) in [5.74, 6) is 0.821. The summed E-state index contributed by atoms with van der Waals surface area (Å²) in [6.45, 7) is 2.05. The molecule has 0 saturated carbocycles. The fraction of sp³-hybridized carbons (Fsp3) is 0.188. The van der Waals surface area contributed by atoms with E-state index in [4.69, 9.17) is 17.0 Å². The molecule has 3 rings (SSSR count). The minimum absolute atomic E-state index is 0.471. The maximum absolute atomic E-state index is 5.45. The molecule has 0 aliphatic carbocycles. The van der Waals surface area contributed by atoms with Gasteiger partial charge >= 0.3 is 0 Å². The summed E-state index contributed by atoms with van der Waals surface area (Å²) in [5.41, 5.74) is 5.02. The molecule has 0 amide bonds. The van der Waals surface area contributed by atoms with Crippen LogP contribution in [0.15, 0.2) is 54.6 Å². The summed E-state index contributed by atoms with van der Waals surface area (Å²) >= 11 is 5.45. The Morgan fingerprint density at radius 1 is 1.10 bits per heavy atom. The number of hydrogen-bond acceptors (Lipinski definition) is 3. The van der Waals surface area contributed by atoms with Crippen LogP contribution in [0.4, 0.5) is 5.69 Å². The van der Waals surface area contributed by atoms with Crippen LogP contribution in [0.1, 0.15) is 12.5 Å². The van der Waals surface area contributed by atoms with Gasteiger partial charge in [0.1, 0.15) is 11.4 Å². The van der Waals surface area contributed by atoms with Gasteiger partial charge in [-0.25, -0.2) is 5.01 Å². The minimum Gasteiger partial charge on any atom is -0.497 e. The average Bonchev–Trinajstić information content (AvgIpc) is 2.84. The molecule has 1 aliphatic rings. The second-order valence-corrected chi connectivity index (χ2v) is 5.46. The molecule has 1 heterocycles. The highest BCUT2D eigenvalue weighted by atomic mass is 32.1. The molecule has 2 aromatic rings. The number of benzene rings is 2. The van der Waals surface area contributed by atoms with Gasteiger partial charge in [-0.05, 0) is 49.0 Å². The molecule has 21 heavy (non-hydrogen) atoms. The highest BCUT2D eigenvalue weighted by Gasteiger charge is 2.38. The highest BCUT2D eigenvalue weighted by Crippen LogP contribution is 2.28. The first kappa shape index (κ1) is 13.9. The van der Waals surface area contributed by atoms with E-state index in [0.29, 0.717) is 5.11 Å². The summed E-state index contributed by atoms with van der Waals surface area (Å²) in [6, 6.07) is 17.9. The van der Waals surface area contributed by atoms with E-state index in [9.17, 15) is 0 Å². The average molecular weight is 299 g/mol. The molecular formula is C16H17N3OS. The quantitative estimate of drug-likeness (QED) is 0.852. The van der Waals surface area contributed by atoms with E-state index in [0.717, 1.165) is 17.0 Å². The van der Waals surface area contributed by atoms with E-state index < -0.39 is 5.66 Å². The number of anilines is 1. The highest BCUT2D eigenvalue weighted by molar-refractivity contribution is 7.80. The van der Waals surface area contributed by atoms with Crippen molar-refractivity contribution in [2.45, 2.75) is 12.6 Å². The van der Waals surface area contributed by atoms with Gasteiger partial charge in [-0.2, -0.15) is 5.43 Å². The normalized spacial score (nSPS) is 21.2. The summed E-state index contributed by atoms with van der Waals surface area (Å²) in [5, 5.41) is 5.87. The van der Waals surface area contributed by atoms with Gasteiger partial charge in [-0.1, -0.05) is 30.3 Å². The molecule has 1 fully saturated rings. The van der Waals surface area contributed by atoms with Crippen LogP contribution in [0.2, 0.25) is 0 Å². The second kappa shape index (κ2) is 5.35. The van der Waals surface area contributed by atoms with E-state index in [2.05, 4.69) is 17.7 Å². The Bertz CT molecular complexity index is 662. The summed E-state index contributed by atoms with van der Waals surface area (Å²) in [6.07, 6.45) is 0. The standard InChI is InChI=1S/C16H17N3OS/c1-16(12-7-6-10-14(11-12)20-2)17-15(21)19(18-16)13-8-4-3-5-9-13/h3-11,18H,1-2H3,(H,17,21)/t16-/m0/s1. The molecule has 2 N–H and O–H groups in total. The smallest absolute Gasteiger partial charge is 0.190 e. The number of para-hydroxylation sites is 1. The molecule has 0 aromatic heterocycles. The van der Waals surface area contributed by atoms with Gasteiger partial charge in [-0.3, -0.25) is 0 Å². The fourth-order valence-electron chi connectivity index (χ4n) is 2.40. The van der Waals surface area contributed by atoms with Crippen LogP contribution in [-0.2, 0) is 5.66 Å². The number of hydrogen-bond donors (Lipinski definition) is 2. The molecule has 5 heteroatoms. The number of thiocarbonyl (C=S) groups is 1. The molecule has 4 nitrogen and oxygen atoms in total. The Balaban J connectivity index is 1.92. The molecule has 1 atom stereocenters. The van der Waals surface area contributed by atoms with Gasteiger partial charge in [0.15, 0.2) is 5.11 Å². The van der Waals surface area contributed by atoms with Gasteiger partial charge in [0.05, 0.1) is 12.8 Å². The summed E-state index contributed by atoms with van der Waals surface area (Å²) in [7, 11) is 1.66. The third-order valence-electron chi connectivity index (χ3n) is 3.56. The van der Waals surface area contributed by atoms with Crippen molar-refractivity contribution >= 4 is 23.0 Å². The molecule has 0 unspecified atom stereocenters. The predicted octanol–water partition coefficient (Wildman–Crippen LogP) is 2.77. The Kier molecular flexibility index (Phi) is 3.53. The Morgan fingerprint density at radius 3 is 2.57 bits per heavy atom. The Morgan fingerprint density at radius 2 is 1.86 bits per heavy atom. The zero-order valence-electron chi connectivity index (χ0n) is 12.0. The van der Waals surface area contributed by atoms with E-state index in [-0.39, 0.29) is 0 Å². The maximum Gasteiger partial charge on any atom is 0.190 e. The van der Waals surface area contributed by atoms with Crippen molar-refractivity contribution < 1.29 is 4.74 Å². The summed E-state index contributed by atoms with van der Waals surface area (Å²) in [4.78, 5) is 0. The topological polar surface area (TPSA) is 36.5 Å². The first-order valence-corrected chi connectivity index (χ1v) is 7.13. The minimum atomic E-state index is -0.471. The van der Waals surface area contributed by atoms with Crippen molar-refractivity contribution in [2.24, 2.45) is 0 Å². The van der Waals surface area contributed by atoms with Crippen LogP contribution < -0.4 is 20.5 Å². The molecule has 1 saturated heterocycles. The Hall–Kier alpha value is -2.11. The van der Waals surface area contributed by atoms with Crippen molar-refractivity contribution in [1.82, 2.24) is 10.7 Å². The van der Waals surface area contributed by atoms with Crippen molar-refractivity contribution in [3.8, 4) is 5.75 Å². The zero-order valence-corrected chi connectivity index (χ0v) is 12.8. The van der Waals surface area contributed by atoms with Crippen LogP contribution in [0.5, 0.6) is 5.75 Å². The lowest BCUT2D eigenvalue weighted by Crippen LogP contribution is -2.45. The number of methoxy groups -OCH3 is 1. The van der Waals surface area contributed by atoms with E-state index in [1.165, 1.54) is 0 Å². The number of ether oxygens (including phenoxy) is 1. The van der Waals surface area contributed by atoms with Crippen molar-refractivity contribution in [1.29, 1.82) is 0 Å². The summed E-state index contributed by atoms with van der Waals surface area (Å²) < 4.78 is 5.30. The lowest BCUT2D eigenvalue weighted by Gasteiger charge is -2.26. The van der Waals surface area contributed by atoms with Crippen LogP contribution in [-0.4, -0.2) is 12.2 Å². The number of nitrogens with zero attached hydrogens (tertiary/aromatic N) is 1. The monoisotopic (exact) mass is 299 g/mol. The molecule has 0 bridgehead atoms. The first-order chi connectivity index (χ1) is 10.1. The lowest BCUT2D eigenvalue weighted by molar-refractivity contribution is 0.381. The number of rotatable bonds is 3. The molecule has 1 aliphatic heterocycles. The third kappa shape index (κ3) is 2.57. The van der Waals surface area contributed by atoms with Crippen LogP contribution >= 0.6 is 12.2 Å². The van der Waals surface area contributed by atoms with Gasteiger partial charge in [-0.15, -0.1) is 0 Å². The number of nitrogens with one attached hydrogen (secondary N) is 2. The predicted molar refractivity (Wildman–Crippen MR) is 88.1 cm³/mol. The fourth-order valence-corrected chi connectivity index (χ4v) is 2.76. The Labute approximate surface area is 129 Å². The molecule has 2 aromatic carbocycles. The van der Waals surface area contributed by atoms with Gasteiger partial charge in [0.2, 0.25) is 0 Å². The molecular weight excluding hydrogens is 282 g/mol. The van der Waals surface area contributed by atoms with Crippen LogP contribution in [0, 0.1) is 0 Å². The lowest BCUT2D eigenvalue weighted by atomic mass is 10.0. The van der Waals surface area contributed by atoms with Crippen LogP contribution in [0.25, 0.3) is 0 Å². The van der Waals surface area contributed by atoms with Gasteiger partial charge in [0, 0.05) is 0 Å². The maximum atomic E-state index is 5.45. The second-order valence-electron chi connectivity index (χ2n) is 5.07. The van der Waals surface area contributed by atoms with Gasteiger partial charge < -0.3 is 10.1 Å². The van der Waals surface area contributed by atoms with E-state index in [1.54, 1.807) is 7.11 Å². The largest absolute Gasteiger partial charge is 0.497 e. The van der Waals surface area contributed by atoms with Crippen molar-refractivity contribution in [3.63, 3.8) is 0 Å². The van der Waals surface area contributed by atoms with Gasteiger partial charge in [0.25, 0.3) is 0 Å². The van der Waals surface area contributed by atoms with Crippen LogP contribution in [0.3, 0.4) is 0 Å². The first-order valence-electron chi connectivity index (χ1n) is 6.72. The molecule has 108 valence electrons. The molecule has 0 radical (unpaired) electrons. The van der Waals surface area contributed by atoms with Crippen molar-refractivity contribution in [3.05, 3.63) is 60.2 Å². The number of hydrazine groups is 1. The zero-order chi connectivity index (χ0) is 14.9. The van der Waals surface area contributed by atoms with Crippen molar-refractivity contribution in [2.75, 3.05) is 12.1 Å². The van der Waals surface area contributed by atoms with E-state index >= 15 is 0 Å². The van der Waals surface area contributed by atoms with E-state index in [1.807, 2.05) is 59.6 Å².